The van der Waals surface area contributed by atoms with Gasteiger partial charge in [-0.1, -0.05) is 35.4 Å². The van der Waals surface area contributed by atoms with Crippen LogP contribution in [0.4, 0.5) is 17.1 Å². The molecule has 3 aromatic carbocycles. The van der Waals surface area contributed by atoms with Gasteiger partial charge in [0.25, 0.3) is 10.0 Å². The summed E-state index contributed by atoms with van der Waals surface area (Å²) in [4.78, 5) is 0.169. The van der Waals surface area contributed by atoms with Crippen molar-refractivity contribution in [3.8, 4) is 0 Å². The van der Waals surface area contributed by atoms with Crippen LogP contribution in [0.5, 0.6) is 0 Å². The molecule has 31 heavy (non-hydrogen) atoms. The van der Waals surface area contributed by atoms with Crippen molar-refractivity contribution in [2.45, 2.75) is 32.6 Å². The Balaban J connectivity index is 1.72. The molecule has 162 valence electrons. The van der Waals surface area contributed by atoms with Crippen LogP contribution in [0.1, 0.15) is 22.3 Å². The predicted molar refractivity (Wildman–Crippen MR) is 134 cm³/mol. The van der Waals surface area contributed by atoms with Crippen LogP contribution in [0.2, 0.25) is 5.02 Å². The van der Waals surface area contributed by atoms with E-state index in [9.17, 15) is 8.42 Å². The Bertz CT molecular complexity index is 1220. The first kappa shape index (κ1) is 23.1. The van der Waals surface area contributed by atoms with Gasteiger partial charge in [-0.3, -0.25) is 4.72 Å². The predicted octanol–water partition coefficient (Wildman–Crippen LogP) is 6.18. The average Bonchev–Trinajstić information content (AvgIpc) is 2.68. The fourth-order valence-electron chi connectivity index (χ4n) is 3.27. The monoisotopic (exact) mass is 473 g/mol. The number of thiocarbonyl (C=S) groups is 1. The Labute approximate surface area is 193 Å². The third-order valence-electron chi connectivity index (χ3n) is 4.78. The lowest BCUT2D eigenvalue weighted by Gasteiger charge is -2.15. The number of benzene rings is 3. The Hall–Kier alpha value is -2.61. The molecular formula is C23H24ClN3O2S2. The summed E-state index contributed by atoms with van der Waals surface area (Å²) in [7, 11) is -3.72. The van der Waals surface area contributed by atoms with Crippen molar-refractivity contribution in [3.63, 3.8) is 0 Å². The first-order chi connectivity index (χ1) is 14.5. The molecule has 5 nitrogen and oxygen atoms in total. The first-order valence-corrected chi connectivity index (χ1v) is 11.9. The van der Waals surface area contributed by atoms with Gasteiger partial charge in [0.2, 0.25) is 0 Å². The highest BCUT2D eigenvalue weighted by Crippen LogP contribution is 2.26. The highest BCUT2D eigenvalue weighted by Gasteiger charge is 2.17. The molecule has 3 N–H and O–H groups in total. The minimum atomic E-state index is -3.72. The summed E-state index contributed by atoms with van der Waals surface area (Å²) in [5, 5.41) is 7.14. The molecule has 0 heterocycles. The van der Waals surface area contributed by atoms with Crippen molar-refractivity contribution in [2.75, 3.05) is 15.4 Å². The Kier molecular flexibility index (Phi) is 6.89. The fraction of sp³-hybridized carbons (Fsp3) is 0.174. The minimum Gasteiger partial charge on any atom is -0.332 e. The van der Waals surface area contributed by atoms with Gasteiger partial charge >= 0.3 is 0 Å². The highest BCUT2D eigenvalue weighted by atomic mass is 35.5. The zero-order valence-electron chi connectivity index (χ0n) is 17.7. The van der Waals surface area contributed by atoms with Crippen LogP contribution in [0.3, 0.4) is 0 Å². The first-order valence-electron chi connectivity index (χ1n) is 9.60. The fourth-order valence-corrected chi connectivity index (χ4v) is 4.87. The van der Waals surface area contributed by atoms with Gasteiger partial charge in [-0.05, 0) is 93.0 Å². The van der Waals surface area contributed by atoms with E-state index in [0.29, 0.717) is 21.5 Å². The van der Waals surface area contributed by atoms with Crippen LogP contribution in [-0.4, -0.2) is 13.5 Å². The summed E-state index contributed by atoms with van der Waals surface area (Å²) in [6, 6.07) is 15.8. The molecule has 0 aromatic heterocycles. The van der Waals surface area contributed by atoms with Crippen molar-refractivity contribution in [1.29, 1.82) is 0 Å². The lowest BCUT2D eigenvalue weighted by atomic mass is 10.1. The molecule has 0 atom stereocenters. The van der Waals surface area contributed by atoms with Gasteiger partial charge in [0.15, 0.2) is 5.11 Å². The van der Waals surface area contributed by atoms with E-state index in [1.807, 2.05) is 52.0 Å². The van der Waals surface area contributed by atoms with Crippen LogP contribution >= 0.6 is 23.8 Å². The Morgan fingerprint density at radius 1 is 0.839 bits per heavy atom. The Morgan fingerprint density at radius 2 is 1.45 bits per heavy atom. The number of anilines is 3. The van der Waals surface area contributed by atoms with E-state index >= 15 is 0 Å². The molecule has 0 unspecified atom stereocenters. The van der Waals surface area contributed by atoms with Gasteiger partial charge in [-0.25, -0.2) is 8.42 Å². The molecule has 0 radical (unpaired) electrons. The number of hydrogen-bond donors (Lipinski definition) is 3. The summed E-state index contributed by atoms with van der Waals surface area (Å²) >= 11 is 11.4. The zero-order chi connectivity index (χ0) is 22.8. The summed E-state index contributed by atoms with van der Waals surface area (Å²) in [6.07, 6.45) is 0. The second kappa shape index (κ2) is 9.26. The molecular weight excluding hydrogens is 450 g/mol. The standard InChI is InChI=1S/C23H24ClN3O2S2/c1-14-11-16(3)22(17(4)12-14)27-31(28,29)20-9-7-19(8-10-20)25-23(30)26-21-13-18(24)6-5-15(21)2/h5-13,27H,1-4H3,(H2,25,26,30). The average molecular weight is 474 g/mol. The topological polar surface area (TPSA) is 70.2 Å². The molecule has 0 amide bonds. The minimum absolute atomic E-state index is 0.169. The third-order valence-corrected chi connectivity index (χ3v) is 6.59. The normalized spacial score (nSPS) is 11.1. The third kappa shape index (κ3) is 5.76. The van der Waals surface area contributed by atoms with Gasteiger partial charge in [0.05, 0.1) is 10.6 Å². The zero-order valence-corrected chi connectivity index (χ0v) is 20.1. The van der Waals surface area contributed by atoms with Gasteiger partial charge in [-0.2, -0.15) is 0 Å². The summed E-state index contributed by atoms with van der Waals surface area (Å²) in [6.45, 7) is 7.71. The van der Waals surface area contributed by atoms with Gasteiger partial charge in [0.1, 0.15) is 0 Å². The summed E-state index contributed by atoms with van der Waals surface area (Å²) < 4.78 is 28.4. The van der Waals surface area contributed by atoms with Crippen LogP contribution in [0.15, 0.2) is 59.5 Å². The SMILES string of the molecule is Cc1cc(C)c(NS(=O)(=O)c2ccc(NC(=S)Nc3cc(Cl)ccc3C)cc2)c(C)c1. The van der Waals surface area contributed by atoms with E-state index in [1.165, 1.54) is 12.1 Å². The molecule has 3 rings (SSSR count). The largest absolute Gasteiger partial charge is 0.332 e. The molecule has 0 aliphatic carbocycles. The molecule has 0 fully saturated rings. The smallest absolute Gasteiger partial charge is 0.261 e. The molecule has 0 aliphatic rings. The number of rotatable bonds is 5. The number of hydrogen-bond acceptors (Lipinski definition) is 3. The molecule has 3 aromatic rings. The van der Waals surface area contributed by atoms with Crippen LogP contribution in [0, 0.1) is 27.7 Å². The maximum absolute atomic E-state index is 12.9. The molecule has 0 saturated carbocycles. The van der Waals surface area contributed by atoms with Crippen molar-refractivity contribution in [3.05, 3.63) is 81.9 Å². The van der Waals surface area contributed by atoms with E-state index in [0.717, 1.165) is 27.9 Å². The second-order valence-electron chi connectivity index (χ2n) is 7.44. The molecule has 0 spiro atoms. The van der Waals surface area contributed by atoms with Crippen molar-refractivity contribution < 1.29 is 8.42 Å². The molecule has 0 aliphatic heterocycles. The van der Waals surface area contributed by atoms with E-state index in [-0.39, 0.29) is 4.90 Å². The van der Waals surface area contributed by atoms with E-state index in [4.69, 9.17) is 23.8 Å². The van der Waals surface area contributed by atoms with Crippen LogP contribution in [0.25, 0.3) is 0 Å². The van der Waals surface area contributed by atoms with Crippen molar-refractivity contribution >= 4 is 56.0 Å². The number of halogens is 1. The lowest BCUT2D eigenvalue weighted by molar-refractivity contribution is 0.601. The van der Waals surface area contributed by atoms with Crippen molar-refractivity contribution in [1.82, 2.24) is 0 Å². The van der Waals surface area contributed by atoms with Gasteiger partial charge in [0, 0.05) is 16.4 Å². The number of sulfonamides is 1. The maximum Gasteiger partial charge on any atom is 0.261 e. The number of nitrogens with one attached hydrogen (secondary N) is 3. The van der Waals surface area contributed by atoms with E-state index < -0.39 is 10.0 Å². The van der Waals surface area contributed by atoms with Gasteiger partial charge in [-0.15, -0.1) is 0 Å². The highest BCUT2D eigenvalue weighted by molar-refractivity contribution is 7.92. The quantitative estimate of drug-likeness (QED) is 0.386. The van der Waals surface area contributed by atoms with Gasteiger partial charge < -0.3 is 10.6 Å². The number of aryl methyl sites for hydroxylation is 4. The molecule has 8 heteroatoms. The van der Waals surface area contributed by atoms with E-state index in [1.54, 1.807) is 18.2 Å². The second-order valence-corrected chi connectivity index (χ2v) is 9.97. The maximum atomic E-state index is 12.9. The molecule has 0 bridgehead atoms. The summed E-state index contributed by atoms with van der Waals surface area (Å²) in [5.74, 6) is 0. The lowest BCUT2D eigenvalue weighted by Crippen LogP contribution is -2.20. The summed E-state index contributed by atoms with van der Waals surface area (Å²) in [5.41, 5.74) is 5.93. The van der Waals surface area contributed by atoms with Crippen LogP contribution < -0.4 is 15.4 Å². The molecule has 0 saturated heterocycles. The van der Waals surface area contributed by atoms with Crippen molar-refractivity contribution in [2.24, 2.45) is 0 Å². The Morgan fingerprint density at radius 3 is 2.06 bits per heavy atom. The van der Waals surface area contributed by atoms with Crippen LogP contribution in [-0.2, 0) is 10.0 Å². The van der Waals surface area contributed by atoms with E-state index in [2.05, 4.69) is 15.4 Å².